The van der Waals surface area contributed by atoms with Crippen LogP contribution >= 0.6 is 0 Å². The lowest BCUT2D eigenvalue weighted by atomic mass is 10.3. The molecule has 0 spiro atoms. The van der Waals surface area contributed by atoms with Crippen molar-refractivity contribution < 1.29 is 4.79 Å². The summed E-state index contributed by atoms with van der Waals surface area (Å²) < 4.78 is 0. The molecule has 2 amide bonds. The van der Waals surface area contributed by atoms with Gasteiger partial charge in [0.15, 0.2) is 0 Å². The molecule has 2 atom stereocenters. The first kappa shape index (κ1) is 8.37. The first-order chi connectivity index (χ1) is 5.11. The molecule has 0 bridgehead atoms. The second-order valence-electron chi connectivity index (χ2n) is 3.55. The lowest BCUT2D eigenvalue weighted by molar-refractivity contribution is 0.217. The predicted molar refractivity (Wildman–Crippen MR) is 44.4 cm³/mol. The van der Waals surface area contributed by atoms with Gasteiger partial charge in [-0.2, -0.15) is 0 Å². The maximum Gasteiger partial charge on any atom is 0.316 e. The third-order valence-electron chi connectivity index (χ3n) is 2.20. The van der Waals surface area contributed by atoms with Gasteiger partial charge in [0.1, 0.15) is 0 Å². The molecule has 11 heavy (non-hydrogen) atoms. The largest absolute Gasteiger partial charge is 0.338 e. The molecule has 2 unspecified atom stereocenters. The molecular weight excluding hydrogens is 140 g/mol. The summed E-state index contributed by atoms with van der Waals surface area (Å²) in [5, 5.41) is 2.86. The highest BCUT2D eigenvalue weighted by atomic mass is 16.2. The van der Waals surface area contributed by atoms with E-state index in [1.165, 1.54) is 6.42 Å². The normalized spacial score (nSPS) is 27.9. The fourth-order valence-electron chi connectivity index (χ4n) is 1.06. The Kier molecular flexibility index (Phi) is 2.37. The van der Waals surface area contributed by atoms with Crippen LogP contribution in [0.25, 0.3) is 0 Å². The van der Waals surface area contributed by atoms with Gasteiger partial charge < -0.3 is 10.2 Å². The number of amides is 2. The third-order valence-corrected chi connectivity index (χ3v) is 2.20. The SMILES string of the molecule is CC1CC1CNC(=O)N(C)C. The number of urea groups is 1. The molecule has 0 aromatic heterocycles. The smallest absolute Gasteiger partial charge is 0.316 e. The van der Waals surface area contributed by atoms with Gasteiger partial charge in [-0.05, 0) is 18.3 Å². The van der Waals surface area contributed by atoms with Crippen molar-refractivity contribution >= 4 is 6.03 Å². The number of hydrogen-bond acceptors (Lipinski definition) is 1. The lowest BCUT2D eigenvalue weighted by Crippen LogP contribution is -2.35. The molecule has 1 N–H and O–H groups in total. The van der Waals surface area contributed by atoms with Crippen LogP contribution in [-0.2, 0) is 0 Å². The molecule has 1 saturated carbocycles. The molecule has 3 nitrogen and oxygen atoms in total. The van der Waals surface area contributed by atoms with E-state index in [2.05, 4.69) is 12.2 Å². The van der Waals surface area contributed by atoms with Crippen LogP contribution in [0.3, 0.4) is 0 Å². The van der Waals surface area contributed by atoms with Crippen molar-refractivity contribution in [3.63, 3.8) is 0 Å². The van der Waals surface area contributed by atoms with Crippen LogP contribution in [0.2, 0.25) is 0 Å². The van der Waals surface area contributed by atoms with Crippen molar-refractivity contribution in [2.24, 2.45) is 11.8 Å². The minimum Gasteiger partial charge on any atom is -0.338 e. The molecule has 1 rings (SSSR count). The number of carbonyl (C=O) groups is 1. The van der Waals surface area contributed by atoms with Crippen LogP contribution in [0.15, 0.2) is 0 Å². The monoisotopic (exact) mass is 156 g/mol. The Morgan fingerprint density at radius 2 is 2.18 bits per heavy atom. The van der Waals surface area contributed by atoms with Crippen LogP contribution in [0, 0.1) is 11.8 Å². The van der Waals surface area contributed by atoms with Gasteiger partial charge in [-0.25, -0.2) is 4.79 Å². The summed E-state index contributed by atoms with van der Waals surface area (Å²) in [6.45, 7) is 3.06. The highest BCUT2D eigenvalue weighted by Crippen LogP contribution is 2.36. The summed E-state index contributed by atoms with van der Waals surface area (Å²) >= 11 is 0. The summed E-state index contributed by atoms with van der Waals surface area (Å²) in [5.41, 5.74) is 0. The molecule has 0 aliphatic heterocycles. The maximum atomic E-state index is 11.0. The Morgan fingerprint density at radius 3 is 2.55 bits per heavy atom. The van der Waals surface area contributed by atoms with E-state index in [1.54, 1.807) is 19.0 Å². The molecule has 0 heterocycles. The van der Waals surface area contributed by atoms with Gasteiger partial charge in [0.05, 0.1) is 0 Å². The number of hydrogen-bond donors (Lipinski definition) is 1. The van der Waals surface area contributed by atoms with E-state index < -0.39 is 0 Å². The van der Waals surface area contributed by atoms with Crippen molar-refractivity contribution in [1.82, 2.24) is 10.2 Å². The zero-order valence-electron chi connectivity index (χ0n) is 7.42. The minimum atomic E-state index is 0.0177. The molecule has 0 radical (unpaired) electrons. The summed E-state index contributed by atoms with van der Waals surface area (Å²) in [7, 11) is 3.51. The maximum absolute atomic E-state index is 11.0. The first-order valence-electron chi connectivity index (χ1n) is 4.06. The van der Waals surface area contributed by atoms with Gasteiger partial charge in [0.25, 0.3) is 0 Å². The van der Waals surface area contributed by atoms with Crippen LogP contribution < -0.4 is 5.32 Å². The zero-order chi connectivity index (χ0) is 8.43. The highest BCUT2D eigenvalue weighted by Gasteiger charge is 2.32. The standard InChI is InChI=1S/C8H16N2O/c1-6-4-7(6)5-9-8(11)10(2)3/h6-7H,4-5H2,1-3H3,(H,9,11). The second-order valence-corrected chi connectivity index (χ2v) is 3.55. The van der Waals surface area contributed by atoms with Crippen molar-refractivity contribution in [1.29, 1.82) is 0 Å². The number of carbonyl (C=O) groups excluding carboxylic acids is 1. The number of nitrogens with zero attached hydrogens (tertiary/aromatic N) is 1. The quantitative estimate of drug-likeness (QED) is 0.633. The molecule has 0 saturated heterocycles. The zero-order valence-corrected chi connectivity index (χ0v) is 7.42. The average molecular weight is 156 g/mol. The molecule has 1 fully saturated rings. The number of nitrogens with one attached hydrogen (secondary N) is 1. The van der Waals surface area contributed by atoms with Crippen molar-refractivity contribution in [3.8, 4) is 0 Å². The van der Waals surface area contributed by atoms with Gasteiger partial charge in [0, 0.05) is 20.6 Å². The second kappa shape index (κ2) is 3.11. The van der Waals surface area contributed by atoms with Gasteiger partial charge in [-0.1, -0.05) is 6.92 Å². The lowest BCUT2D eigenvalue weighted by Gasteiger charge is -2.11. The van der Waals surface area contributed by atoms with Gasteiger partial charge in [0.2, 0.25) is 0 Å². The van der Waals surface area contributed by atoms with E-state index in [0.717, 1.165) is 18.4 Å². The van der Waals surface area contributed by atoms with E-state index in [9.17, 15) is 4.79 Å². The predicted octanol–water partition coefficient (Wildman–Crippen LogP) is 0.914. The highest BCUT2D eigenvalue weighted by molar-refractivity contribution is 5.73. The van der Waals surface area contributed by atoms with E-state index >= 15 is 0 Å². The fraction of sp³-hybridized carbons (Fsp3) is 0.875. The summed E-state index contributed by atoms with van der Waals surface area (Å²) in [4.78, 5) is 12.6. The van der Waals surface area contributed by atoms with Crippen LogP contribution in [0.4, 0.5) is 4.79 Å². The Morgan fingerprint density at radius 1 is 1.64 bits per heavy atom. The van der Waals surface area contributed by atoms with Crippen molar-refractivity contribution in [2.45, 2.75) is 13.3 Å². The van der Waals surface area contributed by atoms with Crippen molar-refractivity contribution in [3.05, 3.63) is 0 Å². The average Bonchev–Trinajstić information content (AvgIpc) is 2.61. The van der Waals surface area contributed by atoms with Gasteiger partial charge in [-0.15, -0.1) is 0 Å². The van der Waals surface area contributed by atoms with Gasteiger partial charge >= 0.3 is 6.03 Å². The third kappa shape index (κ3) is 2.41. The Labute approximate surface area is 67.8 Å². The Hall–Kier alpha value is -0.730. The van der Waals surface area contributed by atoms with Crippen molar-refractivity contribution in [2.75, 3.05) is 20.6 Å². The molecule has 1 aliphatic carbocycles. The minimum absolute atomic E-state index is 0.0177. The van der Waals surface area contributed by atoms with E-state index in [1.807, 2.05) is 0 Å². The summed E-state index contributed by atoms with van der Waals surface area (Å²) in [5.74, 6) is 1.55. The molecule has 1 aliphatic rings. The molecule has 3 heteroatoms. The van der Waals surface area contributed by atoms with E-state index in [-0.39, 0.29) is 6.03 Å². The Balaban J connectivity index is 2.07. The summed E-state index contributed by atoms with van der Waals surface area (Å²) in [6.07, 6.45) is 1.27. The molecule has 0 aromatic carbocycles. The Bertz CT molecular complexity index is 156. The molecule has 0 aromatic rings. The molecular formula is C8H16N2O. The van der Waals surface area contributed by atoms with E-state index in [0.29, 0.717) is 0 Å². The van der Waals surface area contributed by atoms with E-state index in [4.69, 9.17) is 0 Å². The first-order valence-corrected chi connectivity index (χ1v) is 4.06. The van der Waals surface area contributed by atoms with Crippen LogP contribution in [-0.4, -0.2) is 31.6 Å². The van der Waals surface area contributed by atoms with Gasteiger partial charge in [-0.3, -0.25) is 0 Å². The fourth-order valence-corrected chi connectivity index (χ4v) is 1.06. The topological polar surface area (TPSA) is 32.3 Å². The summed E-state index contributed by atoms with van der Waals surface area (Å²) in [6, 6.07) is 0.0177. The molecule has 64 valence electrons. The number of rotatable bonds is 2. The van der Waals surface area contributed by atoms with Crippen LogP contribution in [0.5, 0.6) is 0 Å². The van der Waals surface area contributed by atoms with Crippen LogP contribution in [0.1, 0.15) is 13.3 Å².